The molecule has 1 unspecified atom stereocenters. The highest BCUT2D eigenvalue weighted by Gasteiger charge is 2.15. The van der Waals surface area contributed by atoms with Crippen LogP contribution in [0.1, 0.15) is 31.9 Å². The summed E-state index contributed by atoms with van der Waals surface area (Å²) in [5.74, 6) is -0.285. The van der Waals surface area contributed by atoms with Crippen LogP contribution in [0.2, 0.25) is 0 Å². The van der Waals surface area contributed by atoms with Crippen LogP contribution in [0.25, 0.3) is 0 Å². The zero-order valence-electron chi connectivity index (χ0n) is 18.6. The Morgan fingerprint density at radius 2 is 1.81 bits per heavy atom. The molecule has 0 aliphatic heterocycles. The lowest BCUT2D eigenvalue weighted by Gasteiger charge is -2.18. The van der Waals surface area contributed by atoms with Gasteiger partial charge in [-0.3, -0.25) is 4.79 Å². The van der Waals surface area contributed by atoms with Gasteiger partial charge in [0.05, 0.1) is 13.5 Å². The minimum atomic E-state index is -0.560. The molecule has 0 spiro atoms. The second kappa shape index (κ2) is 11.2. The highest BCUT2D eigenvalue weighted by Crippen LogP contribution is 2.26. The van der Waals surface area contributed by atoms with Crippen molar-refractivity contribution in [2.24, 2.45) is 5.92 Å². The topological polar surface area (TPSA) is 84.9 Å². The summed E-state index contributed by atoms with van der Waals surface area (Å²) in [5, 5.41) is 12.6. The van der Waals surface area contributed by atoms with Gasteiger partial charge in [-0.05, 0) is 56.4 Å². The number of benzene rings is 2. The van der Waals surface area contributed by atoms with E-state index in [0.717, 1.165) is 11.1 Å². The molecule has 2 aromatic carbocycles. The number of esters is 1. The molecule has 2 rings (SSSR count). The van der Waals surface area contributed by atoms with E-state index >= 15 is 0 Å². The number of ether oxygens (including phenoxy) is 2. The number of nitrogens with one attached hydrogen (secondary N) is 1. The third-order valence-corrected chi connectivity index (χ3v) is 4.42. The largest absolute Gasteiger partial charge is 0.504 e. The summed E-state index contributed by atoms with van der Waals surface area (Å²) in [6.45, 7) is 5.83. The highest BCUT2D eigenvalue weighted by molar-refractivity contribution is 5.82. The van der Waals surface area contributed by atoms with Crippen LogP contribution in [0.4, 0.5) is 0 Å². The first-order chi connectivity index (χ1) is 14.7. The van der Waals surface area contributed by atoms with Crippen molar-refractivity contribution >= 4 is 11.9 Å². The van der Waals surface area contributed by atoms with Gasteiger partial charge in [0.25, 0.3) is 0 Å². The number of methoxy groups -OCH3 is 1. The van der Waals surface area contributed by atoms with E-state index in [1.165, 1.54) is 19.3 Å². The monoisotopic (exact) mass is 425 g/mol. The smallest absolute Gasteiger partial charge is 0.330 e. The summed E-state index contributed by atoms with van der Waals surface area (Å²) in [6.07, 6.45) is 4.04. The molecule has 1 atom stereocenters. The van der Waals surface area contributed by atoms with Crippen molar-refractivity contribution in [2.45, 2.75) is 39.2 Å². The van der Waals surface area contributed by atoms with Gasteiger partial charge in [0.1, 0.15) is 5.60 Å². The third-order valence-electron chi connectivity index (χ3n) is 4.42. The molecule has 0 radical (unpaired) electrons. The van der Waals surface area contributed by atoms with Crippen LogP contribution in [0.3, 0.4) is 0 Å². The van der Waals surface area contributed by atoms with E-state index in [1.54, 1.807) is 18.2 Å². The van der Waals surface area contributed by atoms with Gasteiger partial charge in [0.2, 0.25) is 5.91 Å². The van der Waals surface area contributed by atoms with Gasteiger partial charge in [-0.2, -0.15) is 0 Å². The number of amides is 1. The molecule has 6 nitrogen and oxygen atoms in total. The van der Waals surface area contributed by atoms with Crippen LogP contribution in [0.5, 0.6) is 11.5 Å². The molecule has 0 aromatic heterocycles. The maximum absolute atomic E-state index is 12.4. The number of aromatic hydroxyl groups is 1. The Labute approximate surface area is 183 Å². The molecule has 6 heteroatoms. The lowest BCUT2D eigenvalue weighted by molar-refractivity contribution is -0.148. The lowest BCUT2D eigenvalue weighted by Crippen LogP contribution is -2.31. The number of carbonyl (C=O) groups excluding carboxylic acids is 2. The molecule has 31 heavy (non-hydrogen) atoms. The molecule has 0 heterocycles. The van der Waals surface area contributed by atoms with Gasteiger partial charge in [-0.25, -0.2) is 4.79 Å². The molecule has 0 fully saturated rings. The van der Waals surface area contributed by atoms with E-state index < -0.39 is 11.6 Å². The van der Waals surface area contributed by atoms with Crippen molar-refractivity contribution in [3.8, 4) is 11.5 Å². The zero-order chi connectivity index (χ0) is 22.9. The van der Waals surface area contributed by atoms with Crippen LogP contribution in [-0.4, -0.2) is 36.2 Å². The Kier molecular flexibility index (Phi) is 8.67. The molecule has 0 saturated heterocycles. The van der Waals surface area contributed by atoms with E-state index in [0.29, 0.717) is 18.7 Å². The molecule has 0 aliphatic rings. The van der Waals surface area contributed by atoms with Crippen molar-refractivity contribution in [1.29, 1.82) is 0 Å². The molecule has 2 aromatic rings. The SMILES string of the molecule is COc1cc(CC(=O)NCC(/C=C/C(=O)OC(C)(C)C)Cc2ccccc2)ccc1O. The van der Waals surface area contributed by atoms with Gasteiger partial charge in [0.15, 0.2) is 11.5 Å². The molecule has 0 saturated carbocycles. The van der Waals surface area contributed by atoms with E-state index in [1.807, 2.05) is 51.1 Å². The summed E-state index contributed by atoms with van der Waals surface area (Å²) < 4.78 is 10.4. The fourth-order valence-corrected chi connectivity index (χ4v) is 3.00. The maximum Gasteiger partial charge on any atom is 0.330 e. The predicted octanol–water partition coefficient (Wildman–Crippen LogP) is 3.82. The first-order valence-corrected chi connectivity index (χ1v) is 10.2. The average molecular weight is 426 g/mol. The molecular weight excluding hydrogens is 394 g/mol. The van der Waals surface area contributed by atoms with Crippen molar-refractivity contribution in [1.82, 2.24) is 5.32 Å². The van der Waals surface area contributed by atoms with Crippen LogP contribution in [0.15, 0.2) is 60.7 Å². The Morgan fingerprint density at radius 1 is 1.10 bits per heavy atom. The van der Waals surface area contributed by atoms with Crippen LogP contribution >= 0.6 is 0 Å². The highest BCUT2D eigenvalue weighted by atomic mass is 16.6. The molecule has 1 amide bonds. The fraction of sp³-hybridized carbons (Fsp3) is 0.360. The Hall–Kier alpha value is -3.28. The van der Waals surface area contributed by atoms with E-state index in [-0.39, 0.29) is 24.0 Å². The summed E-state index contributed by atoms with van der Waals surface area (Å²) in [5.41, 5.74) is 1.28. The van der Waals surface area contributed by atoms with Crippen molar-refractivity contribution < 1.29 is 24.2 Å². The van der Waals surface area contributed by atoms with Crippen LogP contribution in [0, 0.1) is 5.92 Å². The minimum absolute atomic E-state index is 0.0295. The van der Waals surface area contributed by atoms with Gasteiger partial charge >= 0.3 is 5.97 Å². The lowest BCUT2D eigenvalue weighted by atomic mass is 9.98. The number of rotatable bonds is 9. The Bertz CT molecular complexity index is 900. The van der Waals surface area contributed by atoms with Crippen molar-refractivity contribution in [3.63, 3.8) is 0 Å². The van der Waals surface area contributed by atoms with Gasteiger partial charge in [0, 0.05) is 12.6 Å². The van der Waals surface area contributed by atoms with E-state index in [4.69, 9.17) is 9.47 Å². The Balaban J connectivity index is 2.01. The van der Waals surface area contributed by atoms with Gasteiger partial charge < -0.3 is 19.9 Å². The van der Waals surface area contributed by atoms with Gasteiger partial charge in [-0.15, -0.1) is 0 Å². The normalized spacial score (nSPS) is 12.4. The van der Waals surface area contributed by atoms with Crippen molar-refractivity contribution in [2.75, 3.05) is 13.7 Å². The zero-order valence-corrected chi connectivity index (χ0v) is 18.6. The van der Waals surface area contributed by atoms with Gasteiger partial charge in [-0.1, -0.05) is 42.5 Å². The molecule has 0 aliphatic carbocycles. The number of carbonyl (C=O) groups is 2. The van der Waals surface area contributed by atoms with E-state index in [9.17, 15) is 14.7 Å². The fourth-order valence-electron chi connectivity index (χ4n) is 3.00. The first-order valence-electron chi connectivity index (χ1n) is 10.2. The second-order valence-electron chi connectivity index (χ2n) is 8.33. The molecule has 2 N–H and O–H groups in total. The maximum atomic E-state index is 12.4. The summed E-state index contributed by atoms with van der Waals surface area (Å²) in [4.78, 5) is 24.5. The number of hydrogen-bond acceptors (Lipinski definition) is 5. The Morgan fingerprint density at radius 3 is 2.45 bits per heavy atom. The molecule has 166 valence electrons. The standard InChI is InChI=1S/C25H31NO5/c1-25(2,3)31-24(29)13-11-20(14-18-8-6-5-7-9-18)17-26-23(28)16-19-10-12-21(27)22(15-19)30-4/h5-13,15,20,27H,14,16-17H2,1-4H3,(H,26,28)/b13-11+. The van der Waals surface area contributed by atoms with E-state index in [2.05, 4.69) is 5.32 Å². The number of phenols is 1. The summed E-state index contributed by atoms with van der Waals surface area (Å²) in [7, 11) is 1.46. The summed E-state index contributed by atoms with van der Waals surface area (Å²) in [6, 6.07) is 14.7. The van der Waals surface area contributed by atoms with Crippen LogP contribution < -0.4 is 10.1 Å². The molecular formula is C25H31NO5. The van der Waals surface area contributed by atoms with Crippen molar-refractivity contribution in [3.05, 3.63) is 71.8 Å². The predicted molar refractivity (Wildman–Crippen MR) is 120 cm³/mol. The quantitative estimate of drug-likeness (QED) is 0.471. The first kappa shape index (κ1) is 24.0. The third kappa shape index (κ3) is 8.95. The summed E-state index contributed by atoms with van der Waals surface area (Å²) >= 11 is 0. The van der Waals surface area contributed by atoms with Crippen LogP contribution in [-0.2, 0) is 27.2 Å². The average Bonchev–Trinajstić information content (AvgIpc) is 2.71. The second-order valence-corrected chi connectivity index (χ2v) is 8.33. The minimum Gasteiger partial charge on any atom is -0.504 e. The molecule has 0 bridgehead atoms. The number of hydrogen-bond donors (Lipinski definition) is 2. The number of phenolic OH excluding ortho intramolecular Hbond substituents is 1.